The summed E-state index contributed by atoms with van der Waals surface area (Å²) in [5, 5.41) is 0. The molecule has 1 rings (SSSR count). The van der Waals surface area contributed by atoms with Gasteiger partial charge in [0, 0.05) is 12.8 Å². The molecule has 0 aliphatic heterocycles. The maximum Gasteiger partial charge on any atom is 0.0871 e. The molecule has 12 heavy (non-hydrogen) atoms. The number of nitrogen functional groups attached to an aromatic ring is 1. The molecule has 2 nitrogen and oxygen atoms in total. The summed E-state index contributed by atoms with van der Waals surface area (Å²) in [7, 11) is 1.70. The molecule has 0 aliphatic carbocycles. The van der Waals surface area contributed by atoms with Crippen molar-refractivity contribution < 1.29 is 4.74 Å². The van der Waals surface area contributed by atoms with Gasteiger partial charge in [0.25, 0.3) is 0 Å². The SMILES string of the molecule is COC(C)(C)c1ccc(N)cc1. The van der Waals surface area contributed by atoms with Crippen molar-refractivity contribution in [2.45, 2.75) is 19.4 Å². The standard InChI is InChI=1S/C10H15NO/c1-10(2,12-3)8-4-6-9(11)7-5-8/h4-7H,11H2,1-3H3. The molecule has 2 N–H and O–H groups in total. The van der Waals surface area contributed by atoms with Crippen LogP contribution in [-0.2, 0) is 10.3 Å². The van der Waals surface area contributed by atoms with Crippen molar-refractivity contribution in [3.05, 3.63) is 29.8 Å². The predicted molar refractivity (Wildman–Crippen MR) is 50.9 cm³/mol. The number of ether oxygens (including phenoxy) is 1. The molecule has 0 saturated carbocycles. The third-order valence-electron chi connectivity index (χ3n) is 2.12. The topological polar surface area (TPSA) is 35.2 Å². The minimum Gasteiger partial charge on any atom is -0.399 e. The Morgan fingerprint density at radius 2 is 1.67 bits per heavy atom. The molecule has 0 atom stereocenters. The van der Waals surface area contributed by atoms with Crippen molar-refractivity contribution in [3.63, 3.8) is 0 Å². The van der Waals surface area contributed by atoms with Crippen LogP contribution in [0.5, 0.6) is 0 Å². The summed E-state index contributed by atoms with van der Waals surface area (Å²) in [5.41, 5.74) is 7.26. The zero-order chi connectivity index (χ0) is 9.19. The molecule has 0 spiro atoms. The average Bonchev–Trinajstić information content (AvgIpc) is 2.05. The van der Waals surface area contributed by atoms with Crippen LogP contribution in [0.2, 0.25) is 0 Å². The van der Waals surface area contributed by atoms with Gasteiger partial charge in [-0.05, 0) is 31.5 Å². The minimum absolute atomic E-state index is 0.228. The first-order valence-electron chi connectivity index (χ1n) is 3.97. The Morgan fingerprint density at radius 1 is 1.17 bits per heavy atom. The Labute approximate surface area is 73.3 Å². The number of hydrogen-bond donors (Lipinski definition) is 1. The van der Waals surface area contributed by atoms with Gasteiger partial charge in [0.15, 0.2) is 0 Å². The number of nitrogens with two attached hydrogens (primary N) is 1. The molecule has 0 amide bonds. The molecular weight excluding hydrogens is 150 g/mol. The highest BCUT2D eigenvalue weighted by molar-refractivity contribution is 5.40. The Kier molecular flexibility index (Phi) is 2.38. The van der Waals surface area contributed by atoms with Crippen LogP contribution in [0.4, 0.5) is 5.69 Å². The van der Waals surface area contributed by atoms with Crippen molar-refractivity contribution in [3.8, 4) is 0 Å². The lowest BCUT2D eigenvalue weighted by molar-refractivity contribution is 0.0192. The molecule has 0 bridgehead atoms. The van der Waals surface area contributed by atoms with Crippen LogP contribution in [0.15, 0.2) is 24.3 Å². The van der Waals surface area contributed by atoms with E-state index in [9.17, 15) is 0 Å². The Hall–Kier alpha value is -1.02. The second-order valence-corrected chi connectivity index (χ2v) is 3.34. The Bertz CT molecular complexity index is 251. The van der Waals surface area contributed by atoms with Crippen molar-refractivity contribution in [2.24, 2.45) is 0 Å². The fourth-order valence-electron chi connectivity index (χ4n) is 1.00. The van der Waals surface area contributed by atoms with E-state index in [4.69, 9.17) is 10.5 Å². The van der Waals surface area contributed by atoms with Crippen LogP contribution in [0.25, 0.3) is 0 Å². The van der Waals surface area contributed by atoms with Crippen LogP contribution >= 0.6 is 0 Å². The Balaban J connectivity index is 2.96. The summed E-state index contributed by atoms with van der Waals surface area (Å²) in [6.07, 6.45) is 0. The molecular formula is C10H15NO. The summed E-state index contributed by atoms with van der Waals surface area (Å²) < 4.78 is 5.32. The van der Waals surface area contributed by atoms with Crippen LogP contribution < -0.4 is 5.73 Å². The van der Waals surface area contributed by atoms with E-state index in [2.05, 4.69) is 0 Å². The molecule has 2 heteroatoms. The zero-order valence-corrected chi connectivity index (χ0v) is 7.79. The molecule has 1 aromatic rings. The van der Waals surface area contributed by atoms with E-state index < -0.39 is 0 Å². The quantitative estimate of drug-likeness (QED) is 0.681. The molecule has 0 fully saturated rings. The number of benzene rings is 1. The predicted octanol–water partition coefficient (Wildman–Crippen LogP) is 2.15. The second kappa shape index (κ2) is 3.15. The lowest BCUT2D eigenvalue weighted by Gasteiger charge is -2.23. The van der Waals surface area contributed by atoms with Crippen LogP contribution in [0.3, 0.4) is 0 Å². The lowest BCUT2D eigenvalue weighted by Crippen LogP contribution is -2.19. The van der Waals surface area contributed by atoms with Gasteiger partial charge in [-0.25, -0.2) is 0 Å². The minimum atomic E-state index is -0.228. The van der Waals surface area contributed by atoms with Crippen molar-refractivity contribution >= 4 is 5.69 Å². The van der Waals surface area contributed by atoms with E-state index in [1.807, 2.05) is 38.1 Å². The zero-order valence-electron chi connectivity index (χ0n) is 7.79. The van der Waals surface area contributed by atoms with Gasteiger partial charge in [-0.3, -0.25) is 0 Å². The normalized spacial score (nSPS) is 11.6. The Morgan fingerprint density at radius 3 is 2.08 bits per heavy atom. The molecule has 1 aromatic carbocycles. The fraction of sp³-hybridized carbons (Fsp3) is 0.400. The largest absolute Gasteiger partial charge is 0.399 e. The third-order valence-corrected chi connectivity index (χ3v) is 2.12. The maximum atomic E-state index is 5.57. The van der Waals surface area contributed by atoms with Crippen LogP contribution in [-0.4, -0.2) is 7.11 Å². The molecule has 66 valence electrons. The third kappa shape index (κ3) is 1.77. The van der Waals surface area contributed by atoms with Crippen molar-refractivity contribution in [1.29, 1.82) is 0 Å². The van der Waals surface area contributed by atoms with E-state index in [1.54, 1.807) is 7.11 Å². The first kappa shape index (κ1) is 9.07. The van der Waals surface area contributed by atoms with E-state index in [1.165, 1.54) is 0 Å². The van der Waals surface area contributed by atoms with Gasteiger partial charge >= 0.3 is 0 Å². The number of rotatable bonds is 2. The average molecular weight is 165 g/mol. The summed E-state index contributed by atoms with van der Waals surface area (Å²) in [6.45, 7) is 4.05. The number of hydrogen-bond acceptors (Lipinski definition) is 2. The van der Waals surface area contributed by atoms with E-state index in [0.717, 1.165) is 11.3 Å². The summed E-state index contributed by atoms with van der Waals surface area (Å²) >= 11 is 0. The van der Waals surface area contributed by atoms with Gasteiger partial charge in [-0.2, -0.15) is 0 Å². The van der Waals surface area contributed by atoms with E-state index in [-0.39, 0.29) is 5.60 Å². The van der Waals surface area contributed by atoms with Gasteiger partial charge in [0.05, 0.1) is 5.60 Å². The molecule has 0 saturated heterocycles. The van der Waals surface area contributed by atoms with Gasteiger partial charge in [-0.1, -0.05) is 12.1 Å². The monoisotopic (exact) mass is 165 g/mol. The highest BCUT2D eigenvalue weighted by atomic mass is 16.5. The van der Waals surface area contributed by atoms with Gasteiger partial charge in [-0.15, -0.1) is 0 Å². The molecule has 0 radical (unpaired) electrons. The van der Waals surface area contributed by atoms with Gasteiger partial charge in [0.1, 0.15) is 0 Å². The number of anilines is 1. The second-order valence-electron chi connectivity index (χ2n) is 3.34. The molecule has 0 aliphatic rings. The molecule has 0 aromatic heterocycles. The van der Waals surface area contributed by atoms with Crippen molar-refractivity contribution in [2.75, 3.05) is 12.8 Å². The van der Waals surface area contributed by atoms with E-state index >= 15 is 0 Å². The van der Waals surface area contributed by atoms with Crippen molar-refractivity contribution in [1.82, 2.24) is 0 Å². The maximum absolute atomic E-state index is 5.57. The summed E-state index contributed by atoms with van der Waals surface area (Å²) in [6, 6.07) is 7.74. The van der Waals surface area contributed by atoms with E-state index in [0.29, 0.717) is 0 Å². The molecule has 0 heterocycles. The van der Waals surface area contributed by atoms with Gasteiger partial charge in [0.2, 0.25) is 0 Å². The smallest absolute Gasteiger partial charge is 0.0871 e. The summed E-state index contributed by atoms with van der Waals surface area (Å²) in [5.74, 6) is 0. The molecule has 0 unspecified atom stereocenters. The highest BCUT2D eigenvalue weighted by Gasteiger charge is 2.18. The first-order valence-corrected chi connectivity index (χ1v) is 3.97. The van der Waals surface area contributed by atoms with Gasteiger partial charge < -0.3 is 10.5 Å². The summed E-state index contributed by atoms with van der Waals surface area (Å²) in [4.78, 5) is 0. The van der Waals surface area contributed by atoms with Crippen LogP contribution in [0, 0.1) is 0 Å². The number of methoxy groups -OCH3 is 1. The fourth-order valence-corrected chi connectivity index (χ4v) is 1.00. The lowest BCUT2D eigenvalue weighted by atomic mass is 9.98. The highest BCUT2D eigenvalue weighted by Crippen LogP contribution is 2.23. The van der Waals surface area contributed by atoms with Crippen LogP contribution in [0.1, 0.15) is 19.4 Å². The first-order chi connectivity index (χ1) is 5.56.